The summed E-state index contributed by atoms with van der Waals surface area (Å²) < 4.78 is 11.6. The molecule has 5 nitrogen and oxygen atoms in total. The van der Waals surface area contributed by atoms with E-state index in [9.17, 15) is 4.79 Å². The van der Waals surface area contributed by atoms with Gasteiger partial charge < -0.3 is 19.4 Å². The zero-order chi connectivity index (χ0) is 18.4. The SMILES string of the molecule is C=O.Cc1cc(OCc2ccccc2)c(C)c2c1C=C(C(=O)O)CO2. The number of carbonyl (C=O) groups excluding carboxylic acids is 1. The molecule has 0 spiro atoms. The molecule has 0 fully saturated rings. The first kappa shape index (κ1) is 18.3. The monoisotopic (exact) mass is 340 g/mol. The zero-order valence-electron chi connectivity index (χ0n) is 14.2. The van der Waals surface area contributed by atoms with Crippen LogP contribution in [-0.4, -0.2) is 24.5 Å². The van der Waals surface area contributed by atoms with Crippen molar-refractivity contribution < 1.29 is 24.2 Å². The molecule has 3 rings (SSSR count). The minimum absolute atomic E-state index is 0.0742. The van der Waals surface area contributed by atoms with Crippen LogP contribution in [-0.2, 0) is 16.2 Å². The van der Waals surface area contributed by atoms with E-state index >= 15 is 0 Å². The molecule has 0 atom stereocenters. The third-order valence-electron chi connectivity index (χ3n) is 3.93. The Morgan fingerprint density at radius 3 is 2.56 bits per heavy atom. The first-order chi connectivity index (χ1) is 12.1. The highest BCUT2D eigenvalue weighted by molar-refractivity contribution is 5.94. The van der Waals surface area contributed by atoms with Gasteiger partial charge in [0.15, 0.2) is 0 Å². The van der Waals surface area contributed by atoms with Gasteiger partial charge in [-0.3, -0.25) is 0 Å². The number of carboxylic acid groups (broad SMARTS) is 1. The summed E-state index contributed by atoms with van der Waals surface area (Å²) in [7, 11) is 0. The number of aryl methyl sites for hydroxylation is 1. The summed E-state index contributed by atoms with van der Waals surface area (Å²) in [5.41, 5.74) is 4.00. The summed E-state index contributed by atoms with van der Waals surface area (Å²) in [6.45, 7) is 6.41. The van der Waals surface area contributed by atoms with Gasteiger partial charge >= 0.3 is 5.97 Å². The van der Waals surface area contributed by atoms with Crippen LogP contribution in [0.15, 0.2) is 42.0 Å². The molecule has 0 aromatic heterocycles. The molecule has 0 radical (unpaired) electrons. The Labute approximate surface area is 146 Å². The number of carboxylic acids is 1. The first-order valence-electron chi connectivity index (χ1n) is 7.72. The third-order valence-corrected chi connectivity index (χ3v) is 3.93. The number of ether oxygens (including phenoxy) is 2. The van der Waals surface area contributed by atoms with E-state index in [2.05, 4.69) is 0 Å². The van der Waals surface area contributed by atoms with Gasteiger partial charge in [0, 0.05) is 11.1 Å². The topological polar surface area (TPSA) is 72.8 Å². The van der Waals surface area contributed by atoms with Crippen LogP contribution in [0.5, 0.6) is 11.5 Å². The van der Waals surface area contributed by atoms with E-state index in [1.54, 1.807) is 6.08 Å². The summed E-state index contributed by atoms with van der Waals surface area (Å²) in [5.74, 6) is 0.521. The second-order valence-electron chi connectivity index (χ2n) is 5.60. The first-order valence-corrected chi connectivity index (χ1v) is 7.72. The van der Waals surface area contributed by atoms with E-state index in [1.165, 1.54) is 0 Å². The van der Waals surface area contributed by atoms with Crippen LogP contribution in [0.2, 0.25) is 0 Å². The second kappa shape index (κ2) is 8.15. The van der Waals surface area contributed by atoms with Crippen molar-refractivity contribution in [3.63, 3.8) is 0 Å². The summed E-state index contributed by atoms with van der Waals surface area (Å²) in [6.07, 6.45) is 1.68. The van der Waals surface area contributed by atoms with Gasteiger partial charge in [-0.1, -0.05) is 30.3 Å². The molecule has 1 aliphatic heterocycles. The Kier molecular flexibility index (Phi) is 5.95. The molecule has 0 aliphatic carbocycles. The lowest BCUT2D eigenvalue weighted by Crippen LogP contribution is -2.16. The maximum atomic E-state index is 11.1. The van der Waals surface area contributed by atoms with E-state index in [1.807, 2.05) is 57.0 Å². The number of benzene rings is 2. The highest BCUT2D eigenvalue weighted by atomic mass is 16.5. The Hall–Kier alpha value is -3.08. The highest BCUT2D eigenvalue weighted by Gasteiger charge is 2.22. The van der Waals surface area contributed by atoms with Gasteiger partial charge in [-0.05, 0) is 37.1 Å². The van der Waals surface area contributed by atoms with Gasteiger partial charge in [-0.2, -0.15) is 0 Å². The molecule has 1 heterocycles. The molecule has 5 heteroatoms. The van der Waals surface area contributed by atoms with E-state index in [0.717, 1.165) is 28.0 Å². The average Bonchev–Trinajstić information content (AvgIpc) is 2.65. The van der Waals surface area contributed by atoms with Crippen LogP contribution >= 0.6 is 0 Å². The van der Waals surface area contributed by atoms with E-state index in [-0.39, 0.29) is 12.2 Å². The molecule has 0 bridgehead atoms. The fraction of sp³-hybridized carbons (Fsp3) is 0.200. The van der Waals surface area contributed by atoms with Gasteiger partial charge in [-0.15, -0.1) is 0 Å². The molecule has 1 N–H and O–H groups in total. The molecule has 0 saturated heterocycles. The van der Waals surface area contributed by atoms with Crippen molar-refractivity contribution in [3.8, 4) is 11.5 Å². The number of rotatable bonds is 4. The molecular formula is C20H20O5. The van der Waals surface area contributed by atoms with Crippen LogP contribution in [0, 0.1) is 13.8 Å². The molecule has 0 unspecified atom stereocenters. The summed E-state index contributed by atoms with van der Waals surface area (Å²) in [6, 6.07) is 11.9. The minimum atomic E-state index is -0.947. The molecule has 2 aromatic rings. The fourth-order valence-corrected chi connectivity index (χ4v) is 2.62. The van der Waals surface area contributed by atoms with Gasteiger partial charge in [0.05, 0.1) is 5.57 Å². The number of aliphatic carboxylic acids is 1. The average molecular weight is 340 g/mol. The van der Waals surface area contributed by atoms with Crippen molar-refractivity contribution in [3.05, 3.63) is 64.2 Å². The smallest absolute Gasteiger partial charge is 0.335 e. The standard InChI is InChI=1S/C19H18O4.CH2O/c1-12-8-17(22-10-14-6-4-3-5-7-14)13(2)18-16(12)9-15(11-23-18)19(20)21;1-2/h3-9H,10-11H2,1-2H3,(H,20,21);1H2. The zero-order valence-corrected chi connectivity index (χ0v) is 14.2. The lowest BCUT2D eigenvalue weighted by molar-refractivity contribution is -0.133. The Bertz CT molecular complexity index is 793. The molecule has 130 valence electrons. The van der Waals surface area contributed by atoms with Crippen LogP contribution in [0.1, 0.15) is 22.3 Å². The molecule has 1 aliphatic rings. The van der Waals surface area contributed by atoms with Crippen molar-refractivity contribution in [1.29, 1.82) is 0 Å². The molecule has 0 saturated carbocycles. The van der Waals surface area contributed by atoms with Crippen LogP contribution in [0.4, 0.5) is 0 Å². The van der Waals surface area contributed by atoms with Crippen LogP contribution < -0.4 is 9.47 Å². The van der Waals surface area contributed by atoms with Gasteiger partial charge in [0.1, 0.15) is 31.5 Å². The van der Waals surface area contributed by atoms with E-state index in [4.69, 9.17) is 19.4 Å². The maximum absolute atomic E-state index is 11.1. The maximum Gasteiger partial charge on any atom is 0.335 e. The predicted octanol–water partition coefficient (Wildman–Crippen LogP) is 3.56. The highest BCUT2D eigenvalue weighted by Crippen LogP contribution is 2.38. The van der Waals surface area contributed by atoms with Gasteiger partial charge in [-0.25, -0.2) is 4.79 Å². The number of hydrogen-bond donors (Lipinski definition) is 1. The number of fused-ring (bicyclic) bond motifs is 1. The van der Waals surface area contributed by atoms with Crippen LogP contribution in [0.25, 0.3) is 6.08 Å². The van der Waals surface area contributed by atoms with Crippen molar-refractivity contribution in [2.24, 2.45) is 0 Å². The quantitative estimate of drug-likeness (QED) is 0.921. The Morgan fingerprint density at radius 2 is 1.92 bits per heavy atom. The summed E-state index contributed by atoms with van der Waals surface area (Å²) in [4.78, 5) is 19.1. The summed E-state index contributed by atoms with van der Waals surface area (Å²) in [5, 5.41) is 9.12. The second-order valence-corrected chi connectivity index (χ2v) is 5.60. The van der Waals surface area contributed by atoms with E-state index in [0.29, 0.717) is 12.4 Å². The van der Waals surface area contributed by atoms with Gasteiger partial charge in [0.2, 0.25) is 0 Å². The largest absolute Gasteiger partial charge is 0.488 e. The van der Waals surface area contributed by atoms with Crippen molar-refractivity contribution in [2.45, 2.75) is 20.5 Å². The molecular weight excluding hydrogens is 320 g/mol. The Morgan fingerprint density at radius 1 is 1.24 bits per heavy atom. The molecule has 25 heavy (non-hydrogen) atoms. The van der Waals surface area contributed by atoms with Crippen molar-refractivity contribution in [2.75, 3.05) is 6.61 Å². The van der Waals surface area contributed by atoms with Gasteiger partial charge in [0.25, 0.3) is 0 Å². The molecule has 0 amide bonds. The lowest BCUT2D eigenvalue weighted by Gasteiger charge is -2.22. The number of carbonyl (C=O) groups is 2. The summed E-state index contributed by atoms with van der Waals surface area (Å²) >= 11 is 0. The number of hydrogen-bond acceptors (Lipinski definition) is 4. The fourth-order valence-electron chi connectivity index (χ4n) is 2.62. The normalized spacial score (nSPS) is 12.0. The minimum Gasteiger partial charge on any atom is -0.488 e. The van der Waals surface area contributed by atoms with Crippen molar-refractivity contribution in [1.82, 2.24) is 0 Å². The van der Waals surface area contributed by atoms with E-state index < -0.39 is 5.97 Å². The molecule has 2 aromatic carbocycles. The van der Waals surface area contributed by atoms with Crippen molar-refractivity contribution >= 4 is 18.8 Å². The lowest BCUT2D eigenvalue weighted by atomic mass is 9.98. The Balaban J connectivity index is 0.00000109. The predicted molar refractivity (Wildman–Crippen MR) is 94.9 cm³/mol. The third kappa shape index (κ3) is 4.07. The van der Waals surface area contributed by atoms with Crippen LogP contribution in [0.3, 0.4) is 0 Å².